The number of nitrogens with zero attached hydrogens (tertiary/aromatic N) is 3. The van der Waals surface area contributed by atoms with Gasteiger partial charge in [0.2, 0.25) is 11.9 Å². The molecular formula is C23H23FN6O3. The Morgan fingerprint density at radius 2 is 2.03 bits per heavy atom. The molecule has 3 aromatic rings. The first-order valence-electron chi connectivity index (χ1n) is 10.2. The first-order chi connectivity index (χ1) is 16.1. The summed E-state index contributed by atoms with van der Waals surface area (Å²) in [7, 11) is 1.61. The average molecular weight is 450 g/mol. The molecule has 0 radical (unpaired) electrons. The van der Waals surface area contributed by atoms with Gasteiger partial charge >= 0.3 is 0 Å². The molecule has 0 aliphatic carbocycles. The minimum atomic E-state index is -0.572. The first kappa shape index (κ1) is 22.0. The highest BCUT2D eigenvalue weighted by Crippen LogP contribution is 2.39. The molecule has 4 rings (SSSR count). The molecule has 0 saturated heterocycles. The van der Waals surface area contributed by atoms with Crippen LogP contribution in [-0.2, 0) is 9.53 Å². The van der Waals surface area contributed by atoms with Crippen molar-refractivity contribution in [3.05, 3.63) is 67.1 Å². The summed E-state index contributed by atoms with van der Waals surface area (Å²) in [6.07, 6.45) is 2.30. The van der Waals surface area contributed by atoms with Gasteiger partial charge in [0.05, 0.1) is 30.8 Å². The molecule has 0 unspecified atom stereocenters. The summed E-state index contributed by atoms with van der Waals surface area (Å²) in [5, 5.41) is 8.97. The van der Waals surface area contributed by atoms with Crippen molar-refractivity contribution in [3.8, 4) is 5.75 Å². The maximum atomic E-state index is 14.7. The molecule has 1 amide bonds. The Morgan fingerprint density at radius 3 is 2.79 bits per heavy atom. The highest BCUT2D eigenvalue weighted by Gasteiger charge is 2.25. The maximum absolute atomic E-state index is 14.7. The summed E-state index contributed by atoms with van der Waals surface area (Å²) in [4.78, 5) is 21.7. The summed E-state index contributed by atoms with van der Waals surface area (Å²) in [6, 6.07) is 12.6. The van der Waals surface area contributed by atoms with Gasteiger partial charge in [0, 0.05) is 18.5 Å². The predicted molar refractivity (Wildman–Crippen MR) is 125 cm³/mol. The highest BCUT2D eigenvalue weighted by atomic mass is 19.1. The van der Waals surface area contributed by atoms with Gasteiger partial charge in [-0.2, -0.15) is 4.98 Å². The van der Waals surface area contributed by atoms with Crippen LogP contribution in [0.2, 0.25) is 0 Å². The molecule has 0 fully saturated rings. The lowest BCUT2D eigenvalue weighted by molar-refractivity contribution is -0.111. The molecule has 0 saturated carbocycles. The number of amides is 1. The van der Waals surface area contributed by atoms with E-state index in [0.29, 0.717) is 37.0 Å². The number of halogens is 1. The van der Waals surface area contributed by atoms with Crippen molar-refractivity contribution in [1.29, 1.82) is 0 Å². The number of benzene rings is 2. The van der Waals surface area contributed by atoms with E-state index in [4.69, 9.17) is 9.47 Å². The summed E-state index contributed by atoms with van der Waals surface area (Å²) in [5.74, 6) is 0.145. The SMILES string of the molecule is C=CC(=O)Nc1ccc2c(c1)N(c1nc(Nc3ccc(OCCOC)cc3)ncc1F)CN2. The summed E-state index contributed by atoms with van der Waals surface area (Å²) < 4.78 is 25.2. The third-order valence-electron chi connectivity index (χ3n) is 4.82. The Balaban J connectivity index is 1.52. The van der Waals surface area contributed by atoms with E-state index in [0.717, 1.165) is 17.6 Å². The number of nitrogens with one attached hydrogen (secondary N) is 3. The monoisotopic (exact) mass is 450 g/mol. The Hall–Kier alpha value is -4.18. The Kier molecular flexibility index (Phi) is 6.65. The van der Waals surface area contributed by atoms with Gasteiger partial charge < -0.3 is 30.3 Å². The van der Waals surface area contributed by atoms with Crippen LogP contribution in [0.3, 0.4) is 0 Å². The predicted octanol–water partition coefficient (Wildman–Crippen LogP) is 4.03. The molecule has 10 heteroatoms. The molecular weight excluding hydrogens is 427 g/mol. The normalized spacial score (nSPS) is 12.0. The lowest BCUT2D eigenvalue weighted by Crippen LogP contribution is -2.20. The second kappa shape index (κ2) is 9.96. The molecule has 0 bridgehead atoms. The third-order valence-corrected chi connectivity index (χ3v) is 4.82. The second-order valence-electron chi connectivity index (χ2n) is 7.04. The van der Waals surface area contributed by atoms with Gasteiger partial charge in [-0.1, -0.05) is 6.58 Å². The van der Waals surface area contributed by atoms with Gasteiger partial charge in [-0.05, 0) is 48.5 Å². The topological polar surface area (TPSA) is 101 Å². The van der Waals surface area contributed by atoms with Gasteiger partial charge in [-0.15, -0.1) is 0 Å². The van der Waals surface area contributed by atoms with Gasteiger partial charge in [-0.25, -0.2) is 9.37 Å². The van der Waals surface area contributed by atoms with E-state index in [1.165, 1.54) is 6.08 Å². The zero-order valence-corrected chi connectivity index (χ0v) is 18.0. The maximum Gasteiger partial charge on any atom is 0.247 e. The molecule has 9 nitrogen and oxygen atoms in total. The zero-order valence-electron chi connectivity index (χ0n) is 18.0. The van der Waals surface area contributed by atoms with Crippen LogP contribution in [0.25, 0.3) is 0 Å². The van der Waals surface area contributed by atoms with Crippen molar-refractivity contribution in [2.75, 3.05) is 47.8 Å². The minimum Gasteiger partial charge on any atom is -0.491 e. The van der Waals surface area contributed by atoms with Crippen LogP contribution in [0.5, 0.6) is 5.75 Å². The fraction of sp³-hybridized carbons (Fsp3) is 0.174. The number of hydrogen-bond donors (Lipinski definition) is 3. The molecule has 2 aromatic carbocycles. The molecule has 0 spiro atoms. The number of ether oxygens (including phenoxy) is 2. The quantitative estimate of drug-likeness (QED) is 0.332. The minimum absolute atomic E-state index is 0.102. The molecule has 1 aliphatic heterocycles. The van der Waals surface area contributed by atoms with Crippen molar-refractivity contribution in [2.45, 2.75) is 0 Å². The van der Waals surface area contributed by atoms with Crippen LogP contribution in [-0.4, -0.2) is 42.9 Å². The van der Waals surface area contributed by atoms with Crippen LogP contribution in [0, 0.1) is 5.82 Å². The van der Waals surface area contributed by atoms with Gasteiger partial charge in [0.15, 0.2) is 11.6 Å². The van der Waals surface area contributed by atoms with Gasteiger partial charge in [0.1, 0.15) is 12.4 Å². The van der Waals surface area contributed by atoms with E-state index in [1.807, 2.05) is 30.3 Å². The van der Waals surface area contributed by atoms with E-state index >= 15 is 0 Å². The fourth-order valence-corrected chi connectivity index (χ4v) is 3.23. The van der Waals surface area contributed by atoms with Crippen molar-refractivity contribution in [1.82, 2.24) is 9.97 Å². The van der Waals surface area contributed by atoms with Crippen LogP contribution < -0.4 is 25.6 Å². The summed E-state index contributed by atoms with van der Waals surface area (Å²) >= 11 is 0. The van der Waals surface area contributed by atoms with Crippen LogP contribution in [0.1, 0.15) is 0 Å². The third kappa shape index (κ3) is 5.18. The van der Waals surface area contributed by atoms with Crippen LogP contribution in [0.4, 0.5) is 38.9 Å². The van der Waals surface area contributed by atoms with Crippen molar-refractivity contribution >= 4 is 40.4 Å². The highest BCUT2D eigenvalue weighted by molar-refractivity contribution is 6.00. The smallest absolute Gasteiger partial charge is 0.247 e. The van der Waals surface area contributed by atoms with E-state index in [2.05, 4.69) is 32.5 Å². The second-order valence-corrected chi connectivity index (χ2v) is 7.04. The molecule has 3 N–H and O–H groups in total. The number of hydrogen-bond acceptors (Lipinski definition) is 8. The summed E-state index contributed by atoms with van der Waals surface area (Å²) in [6.45, 7) is 4.72. The number of carbonyl (C=O) groups is 1. The lowest BCUT2D eigenvalue weighted by atomic mass is 10.2. The molecule has 2 heterocycles. The van der Waals surface area contributed by atoms with E-state index in [1.54, 1.807) is 24.1 Å². The lowest BCUT2D eigenvalue weighted by Gasteiger charge is -2.19. The van der Waals surface area contributed by atoms with E-state index in [9.17, 15) is 9.18 Å². The number of aromatic nitrogens is 2. The standard InChI is InChI=1S/C23H23FN6O3/c1-3-21(31)27-16-6-9-19-20(12-16)30(14-26-19)22-18(24)13-25-23(29-22)28-15-4-7-17(8-5-15)33-11-10-32-2/h3-9,12-13,26H,1,10-11,14H2,2H3,(H,27,31)(H,25,28,29). The van der Waals surface area contributed by atoms with E-state index < -0.39 is 5.82 Å². The molecule has 1 aliphatic rings. The molecule has 33 heavy (non-hydrogen) atoms. The van der Waals surface area contributed by atoms with Gasteiger partial charge in [0.25, 0.3) is 0 Å². The molecule has 1 aromatic heterocycles. The van der Waals surface area contributed by atoms with Crippen LogP contribution >= 0.6 is 0 Å². The number of methoxy groups -OCH3 is 1. The Bertz CT molecular complexity index is 1160. The molecule has 170 valence electrons. The zero-order chi connectivity index (χ0) is 23.2. The van der Waals surface area contributed by atoms with Crippen molar-refractivity contribution in [3.63, 3.8) is 0 Å². The number of anilines is 6. The average Bonchev–Trinajstić information content (AvgIpc) is 3.24. The van der Waals surface area contributed by atoms with Crippen molar-refractivity contribution in [2.24, 2.45) is 0 Å². The van der Waals surface area contributed by atoms with Crippen molar-refractivity contribution < 1.29 is 18.7 Å². The number of fused-ring (bicyclic) bond motifs is 1. The summed E-state index contributed by atoms with van der Waals surface area (Å²) in [5.41, 5.74) is 2.76. The Morgan fingerprint density at radius 1 is 1.24 bits per heavy atom. The first-order valence-corrected chi connectivity index (χ1v) is 10.2. The number of carbonyl (C=O) groups excluding carboxylic acids is 1. The number of rotatable bonds is 9. The van der Waals surface area contributed by atoms with E-state index in [-0.39, 0.29) is 17.7 Å². The largest absolute Gasteiger partial charge is 0.491 e. The van der Waals surface area contributed by atoms with Gasteiger partial charge in [-0.3, -0.25) is 4.79 Å². The van der Waals surface area contributed by atoms with Crippen LogP contribution in [0.15, 0.2) is 61.3 Å². The Labute approximate surface area is 190 Å². The molecule has 0 atom stereocenters. The fourth-order valence-electron chi connectivity index (χ4n) is 3.23.